The van der Waals surface area contributed by atoms with E-state index in [4.69, 9.17) is 0 Å². The molecule has 2 aromatic heterocycles. The summed E-state index contributed by atoms with van der Waals surface area (Å²) in [6, 6.07) is 4.19. The van der Waals surface area contributed by atoms with Crippen molar-refractivity contribution in [2.75, 3.05) is 11.9 Å². The molecular formula is C15H24N6O. The molecule has 7 heteroatoms. The third kappa shape index (κ3) is 3.94. The van der Waals surface area contributed by atoms with Crippen LogP contribution in [0.15, 0.2) is 30.7 Å². The second-order valence-electron chi connectivity index (χ2n) is 5.70. The van der Waals surface area contributed by atoms with Crippen LogP contribution < -0.4 is 10.6 Å². The Bertz CT molecular complexity index is 589. The van der Waals surface area contributed by atoms with Gasteiger partial charge in [0.15, 0.2) is 0 Å². The van der Waals surface area contributed by atoms with Gasteiger partial charge in [0.2, 0.25) is 5.91 Å². The normalized spacial score (nSPS) is 14.0. The van der Waals surface area contributed by atoms with Gasteiger partial charge in [-0.1, -0.05) is 0 Å². The van der Waals surface area contributed by atoms with E-state index in [0.717, 1.165) is 5.82 Å². The number of nitrogens with zero attached hydrogens (tertiary/aromatic N) is 4. The summed E-state index contributed by atoms with van der Waals surface area (Å²) < 4.78 is 3.66. The van der Waals surface area contributed by atoms with Gasteiger partial charge in [-0.05, 0) is 33.8 Å². The fourth-order valence-corrected chi connectivity index (χ4v) is 2.19. The van der Waals surface area contributed by atoms with Crippen molar-refractivity contribution in [3.05, 3.63) is 30.7 Å². The maximum atomic E-state index is 12.1. The van der Waals surface area contributed by atoms with Gasteiger partial charge in [-0.25, -0.2) is 4.68 Å². The summed E-state index contributed by atoms with van der Waals surface area (Å²) in [7, 11) is 0. The van der Waals surface area contributed by atoms with Gasteiger partial charge in [-0.15, -0.1) is 0 Å². The Morgan fingerprint density at radius 2 is 2.00 bits per heavy atom. The highest BCUT2D eigenvalue weighted by Crippen LogP contribution is 2.13. The Labute approximate surface area is 130 Å². The Morgan fingerprint density at radius 3 is 2.64 bits per heavy atom. The first-order chi connectivity index (χ1) is 10.5. The third-order valence-electron chi connectivity index (χ3n) is 3.68. The zero-order valence-corrected chi connectivity index (χ0v) is 13.5. The van der Waals surface area contributed by atoms with Crippen molar-refractivity contribution in [1.29, 1.82) is 0 Å². The molecule has 0 spiro atoms. The number of hydrogen-bond donors (Lipinski definition) is 2. The van der Waals surface area contributed by atoms with E-state index in [0.29, 0.717) is 0 Å². The van der Waals surface area contributed by atoms with Crippen molar-refractivity contribution >= 4 is 11.7 Å². The minimum atomic E-state index is -0.0816. The van der Waals surface area contributed by atoms with Crippen LogP contribution in [0.2, 0.25) is 0 Å². The SMILES string of the molecule is CC(NCC(=O)Nc1ccnn1C(C)C)C(C)n1cccn1. The molecule has 1 amide bonds. The van der Waals surface area contributed by atoms with Crippen LogP contribution in [-0.4, -0.2) is 38.1 Å². The van der Waals surface area contributed by atoms with Gasteiger partial charge in [-0.3, -0.25) is 9.48 Å². The highest BCUT2D eigenvalue weighted by Gasteiger charge is 2.15. The summed E-state index contributed by atoms with van der Waals surface area (Å²) in [5.74, 6) is 0.636. The van der Waals surface area contributed by atoms with Gasteiger partial charge in [0.05, 0.1) is 18.8 Å². The lowest BCUT2D eigenvalue weighted by Gasteiger charge is -2.21. The summed E-state index contributed by atoms with van der Waals surface area (Å²) in [5.41, 5.74) is 0. The number of nitrogens with one attached hydrogen (secondary N) is 2. The van der Waals surface area contributed by atoms with Crippen LogP contribution in [0.1, 0.15) is 39.8 Å². The van der Waals surface area contributed by atoms with Crippen molar-refractivity contribution in [2.24, 2.45) is 0 Å². The minimum absolute atomic E-state index is 0.0816. The Kier molecular flexibility index (Phi) is 5.32. The van der Waals surface area contributed by atoms with Gasteiger partial charge < -0.3 is 10.6 Å². The zero-order valence-electron chi connectivity index (χ0n) is 13.5. The molecule has 0 radical (unpaired) electrons. The van der Waals surface area contributed by atoms with Gasteiger partial charge in [0, 0.05) is 30.5 Å². The predicted octanol–water partition coefficient (Wildman–Crippen LogP) is 1.84. The van der Waals surface area contributed by atoms with Crippen molar-refractivity contribution in [3.8, 4) is 0 Å². The van der Waals surface area contributed by atoms with Gasteiger partial charge in [0.25, 0.3) is 0 Å². The van der Waals surface area contributed by atoms with E-state index < -0.39 is 0 Å². The topological polar surface area (TPSA) is 76.8 Å². The van der Waals surface area contributed by atoms with Crippen LogP contribution in [-0.2, 0) is 4.79 Å². The fraction of sp³-hybridized carbons (Fsp3) is 0.533. The molecule has 0 aliphatic carbocycles. The van der Waals surface area contributed by atoms with E-state index in [1.165, 1.54) is 0 Å². The molecule has 0 fully saturated rings. The summed E-state index contributed by atoms with van der Waals surface area (Å²) in [6.07, 6.45) is 5.36. The van der Waals surface area contributed by atoms with Crippen LogP contribution in [0, 0.1) is 0 Å². The van der Waals surface area contributed by atoms with E-state index in [-0.39, 0.29) is 30.6 Å². The molecule has 22 heavy (non-hydrogen) atoms. The van der Waals surface area contributed by atoms with Crippen molar-refractivity contribution in [3.63, 3.8) is 0 Å². The van der Waals surface area contributed by atoms with E-state index >= 15 is 0 Å². The summed E-state index contributed by atoms with van der Waals surface area (Å²) in [4.78, 5) is 12.1. The van der Waals surface area contributed by atoms with Crippen LogP contribution >= 0.6 is 0 Å². The molecule has 2 N–H and O–H groups in total. The first-order valence-corrected chi connectivity index (χ1v) is 7.55. The number of hydrogen-bond acceptors (Lipinski definition) is 4. The van der Waals surface area contributed by atoms with Crippen molar-refractivity contribution in [2.45, 2.75) is 45.8 Å². The molecule has 2 heterocycles. The number of carbonyl (C=O) groups is 1. The maximum Gasteiger partial charge on any atom is 0.239 e. The highest BCUT2D eigenvalue weighted by atomic mass is 16.2. The Morgan fingerprint density at radius 1 is 1.23 bits per heavy atom. The van der Waals surface area contributed by atoms with Crippen LogP contribution in [0.3, 0.4) is 0 Å². The number of carbonyl (C=O) groups excluding carboxylic acids is 1. The molecule has 0 aromatic carbocycles. The van der Waals surface area contributed by atoms with Crippen LogP contribution in [0.4, 0.5) is 5.82 Å². The molecule has 0 aliphatic heterocycles. The fourth-order valence-electron chi connectivity index (χ4n) is 2.19. The van der Waals surface area contributed by atoms with E-state index in [9.17, 15) is 4.79 Å². The molecule has 2 aromatic rings. The first-order valence-electron chi connectivity index (χ1n) is 7.55. The second-order valence-corrected chi connectivity index (χ2v) is 5.70. The lowest BCUT2D eigenvalue weighted by atomic mass is 10.2. The predicted molar refractivity (Wildman–Crippen MR) is 85.6 cm³/mol. The highest BCUT2D eigenvalue weighted by molar-refractivity contribution is 5.91. The average molecular weight is 304 g/mol. The summed E-state index contributed by atoms with van der Waals surface area (Å²) in [5, 5.41) is 14.5. The van der Waals surface area contributed by atoms with Crippen LogP contribution in [0.25, 0.3) is 0 Å². The molecule has 0 saturated carbocycles. The maximum absolute atomic E-state index is 12.1. The molecule has 2 unspecified atom stereocenters. The number of aromatic nitrogens is 4. The van der Waals surface area contributed by atoms with Gasteiger partial charge >= 0.3 is 0 Å². The van der Waals surface area contributed by atoms with E-state index in [1.54, 1.807) is 23.1 Å². The largest absolute Gasteiger partial charge is 0.310 e. The number of anilines is 1. The molecule has 0 bridgehead atoms. The number of rotatable bonds is 7. The van der Waals surface area contributed by atoms with Gasteiger partial charge in [-0.2, -0.15) is 10.2 Å². The average Bonchev–Trinajstić information content (AvgIpc) is 3.14. The van der Waals surface area contributed by atoms with Crippen LogP contribution in [0.5, 0.6) is 0 Å². The molecular weight excluding hydrogens is 280 g/mol. The lowest BCUT2D eigenvalue weighted by molar-refractivity contribution is -0.115. The monoisotopic (exact) mass is 304 g/mol. The number of amides is 1. The first kappa shape index (κ1) is 16.2. The van der Waals surface area contributed by atoms with Gasteiger partial charge in [0.1, 0.15) is 5.82 Å². The zero-order chi connectivity index (χ0) is 16.1. The van der Waals surface area contributed by atoms with E-state index in [2.05, 4.69) is 27.8 Å². The van der Waals surface area contributed by atoms with Crippen molar-refractivity contribution in [1.82, 2.24) is 24.9 Å². The molecule has 0 saturated heterocycles. The third-order valence-corrected chi connectivity index (χ3v) is 3.68. The Balaban J connectivity index is 1.83. The summed E-state index contributed by atoms with van der Waals surface area (Å²) in [6.45, 7) is 8.40. The standard InChI is InChI=1S/C15H24N6O/c1-11(2)21-14(6-8-18-21)19-15(22)10-16-12(3)13(4)20-9-5-7-17-20/h5-9,11-13,16H,10H2,1-4H3,(H,19,22). The second kappa shape index (κ2) is 7.22. The molecule has 7 nitrogen and oxygen atoms in total. The molecule has 2 atom stereocenters. The molecule has 2 rings (SSSR count). The van der Waals surface area contributed by atoms with Crippen molar-refractivity contribution < 1.29 is 4.79 Å². The molecule has 0 aliphatic rings. The summed E-state index contributed by atoms with van der Waals surface area (Å²) >= 11 is 0. The quantitative estimate of drug-likeness (QED) is 0.818. The van der Waals surface area contributed by atoms with E-state index in [1.807, 2.05) is 37.7 Å². The Hall–Kier alpha value is -2.15. The lowest BCUT2D eigenvalue weighted by Crippen LogP contribution is -2.39. The molecule has 120 valence electrons. The smallest absolute Gasteiger partial charge is 0.239 e. The minimum Gasteiger partial charge on any atom is -0.310 e.